The first-order chi connectivity index (χ1) is 5.74. The molecule has 1 aromatic carbocycles. The van der Waals surface area contributed by atoms with E-state index < -0.39 is 0 Å². The first-order valence-electron chi connectivity index (χ1n) is 3.79. The number of benzene rings is 1. The Morgan fingerprint density at radius 3 is 2.17 bits per heavy atom. The molecule has 0 saturated carbocycles. The first-order valence-corrected chi connectivity index (χ1v) is 4.54. The fourth-order valence-electron chi connectivity index (χ4n) is 0.638. The standard InChI is InChI=1S/C7H6Cl2O.C2H6/c8-6-2-1-5(4-10)3-7(6)9;1-2/h1-3,10H,4H2;1-2H3. The van der Waals surface area contributed by atoms with Crippen molar-refractivity contribution in [1.82, 2.24) is 0 Å². The lowest BCUT2D eigenvalue weighted by atomic mass is 10.2. The van der Waals surface area contributed by atoms with Gasteiger partial charge < -0.3 is 5.11 Å². The quantitative estimate of drug-likeness (QED) is 0.746. The Labute approximate surface area is 82.9 Å². The van der Waals surface area contributed by atoms with Crippen LogP contribution in [0.15, 0.2) is 18.2 Å². The summed E-state index contributed by atoms with van der Waals surface area (Å²) < 4.78 is 0. The van der Waals surface area contributed by atoms with E-state index in [0.29, 0.717) is 10.0 Å². The molecule has 0 amide bonds. The lowest BCUT2D eigenvalue weighted by molar-refractivity contribution is 0.282. The lowest BCUT2D eigenvalue weighted by Gasteiger charge is -1.97. The number of rotatable bonds is 1. The van der Waals surface area contributed by atoms with Gasteiger partial charge in [-0.3, -0.25) is 0 Å². The zero-order valence-corrected chi connectivity index (χ0v) is 8.65. The van der Waals surface area contributed by atoms with E-state index in [-0.39, 0.29) is 6.61 Å². The van der Waals surface area contributed by atoms with Gasteiger partial charge in [-0.15, -0.1) is 0 Å². The van der Waals surface area contributed by atoms with E-state index in [1.165, 1.54) is 0 Å². The molecule has 0 atom stereocenters. The van der Waals surface area contributed by atoms with Crippen LogP contribution in [-0.2, 0) is 6.61 Å². The SMILES string of the molecule is CC.OCc1ccc(Cl)c(Cl)c1. The fraction of sp³-hybridized carbons (Fsp3) is 0.333. The molecular formula is C9H12Cl2O. The number of aliphatic hydroxyl groups excluding tert-OH is 1. The second-order valence-electron chi connectivity index (χ2n) is 1.91. The van der Waals surface area contributed by atoms with Crippen molar-refractivity contribution in [2.24, 2.45) is 0 Å². The molecule has 0 radical (unpaired) electrons. The van der Waals surface area contributed by atoms with Crippen LogP contribution >= 0.6 is 23.2 Å². The van der Waals surface area contributed by atoms with Crippen molar-refractivity contribution in [3.8, 4) is 0 Å². The van der Waals surface area contributed by atoms with E-state index in [1.54, 1.807) is 18.2 Å². The van der Waals surface area contributed by atoms with Crippen molar-refractivity contribution in [1.29, 1.82) is 0 Å². The molecule has 0 saturated heterocycles. The predicted octanol–water partition coefficient (Wildman–Crippen LogP) is 3.51. The Hall–Kier alpha value is -0.240. The van der Waals surface area contributed by atoms with E-state index in [1.807, 2.05) is 13.8 Å². The minimum Gasteiger partial charge on any atom is -0.392 e. The van der Waals surface area contributed by atoms with E-state index in [4.69, 9.17) is 28.3 Å². The van der Waals surface area contributed by atoms with Crippen LogP contribution in [0.4, 0.5) is 0 Å². The lowest BCUT2D eigenvalue weighted by Crippen LogP contribution is -1.81. The third-order valence-corrected chi connectivity index (χ3v) is 1.91. The zero-order chi connectivity index (χ0) is 9.56. The third-order valence-electron chi connectivity index (χ3n) is 1.17. The van der Waals surface area contributed by atoms with Crippen molar-refractivity contribution in [2.45, 2.75) is 20.5 Å². The van der Waals surface area contributed by atoms with Crippen molar-refractivity contribution in [3.05, 3.63) is 33.8 Å². The molecule has 1 rings (SSSR count). The molecule has 0 unspecified atom stereocenters. The van der Waals surface area contributed by atoms with Gasteiger partial charge in [0, 0.05) is 0 Å². The maximum atomic E-state index is 8.65. The van der Waals surface area contributed by atoms with Crippen LogP contribution in [0.1, 0.15) is 19.4 Å². The van der Waals surface area contributed by atoms with E-state index in [0.717, 1.165) is 5.56 Å². The van der Waals surface area contributed by atoms with Crippen molar-refractivity contribution < 1.29 is 5.11 Å². The highest BCUT2D eigenvalue weighted by Gasteiger charge is 1.96. The number of hydrogen-bond acceptors (Lipinski definition) is 1. The topological polar surface area (TPSA) is 20.2 Å². The molecule has 1 aromatic rings. The van der Waals surface area contributed by atoms with Gasteiger partial charge in [0.25, 0.3) is 0 Å². The molecule has 0 aromatic heterocycles. The van der Waals surface area contributed by atoms with Gasteiger partial charge in [-0.05, 0) is 17.7 Å². The summed E-state index contributed by atoms with van der Waals surface area (Å²) >= 11 is 11.3. The van der Waals surface area contributed by atoms with E-state index in [2.05, 4.69) is 0 Å². The molecule has 68 valence electrons. The van der Waals surface area contributed by atoms with Crippen LogP contribution in [0, 0.1) is 0 Å². The van der Waals surface area contributed by atoms with Crippen LogP contribution in [-0.4, -0.2) is 5.11 Å². The molecule has 0 aliphatic heterocycles. The highest BCUT2D eigenvalue weighted by molar-refractivity contribution is 6.41. The summed E-state index contributed by atoms with van der Waals surface area (Å²) in [4.78, 5) is 0. The number of halogens is 2. The zero-order valence-electron chi connectivity index (χ0n) is 7.14. The van der Waals surface area contributed by atoms with Gasteiger partial charge in [-0.1, -0.05) is 43.1 Å². The Morgan fingerprint density at radius 2 is 1.75 bits per heavy atom. The van der Waals surface area contributed by atoms with Gasteiger partial charge in [0.05, 0.1) is 16.7 Å². The average Bonchev–Trinajstić information content (AvgIpc) is 2.13. The molecule has 0 heterocycles. The highest BCUT2D eigenvalue weighted by atomic mass is 35.5. The molecule has 1 N–H and O–H groups in total. The summed E-state index contributed by atoms with van der Waals surface area (Å²) in [5, 5.41) is 9.64. The second kappa shape index (κ2) is 6.30. The minimum atomic E-state index is -0.00309. The smallest absolute Gasteiger partial charge is 0.0682 e. The summed E-state index contributed by atoms with van der Waals surface area (Å²) in [6.45, 7) is 4.00. The van der Waals surface area contributed by atoms with Crippen LogP contribution < -0.4 is 0 Å². The second-order valence-corrected chi connectivity index (χ2v) is 2.72. The largest absolute Gasteiger partial charge is 0.392 e. The van der Waals surface area contributed by atoms with Gasteiger partial charge >= 0.3 is 0 Å². The third kappa shape index (κ3) is 3.44. The predicted molar refractivity (Wildman–Crippen MR) is 53.7 cm³/mol. The molecule has 0 aliphatic carbocycles. The Morgan fingerprint density at radius 1 is 1.17 bits per heavy atom. The molecule has 12 heavy (non-hydrogen) atoms. The molecule has 0 aliphatic rings. The molecule has 3 heteroatoms. The summed E-state index contributed by atoms with van der Waals surface area (Å²) in [6, 6.07) is 5.04. The van der Waals surface area contributed by atoms with Crippen molar-refractivity contribution in [3.63, 3.8) is 0 Å². The van der Waals surface area contributed by atoms with Gasteiger partial charge in [-0.25, -0.2) is 0 Å². The molecule has 0 bridgehead atoms. The maximum Gasteiger partial charge on any atom is 0.0682 e. The normalized spacial score (nSPS) is 8.75. The van der Waals surface area contributed by atoms with Crippen molar-refractivity contribution in [2.75, 3.05) is 0 Å². The van der Waals surface area contributed by atoms with Crippen LogP contribution in [0.3, 0.4) is 0 Å². The van der Waals surface area contributed by atoms with Gasteiger partial charge in [0.2, 0.25) is 0 Å². The average molecular weight is 207 g/mol. The van der Waals surface area contributed by atoms with E-state index >= 15 is 0 Å². The minimum absolute atomic E-state index is 0.00309. The fourth-order valence-corrected chi connectivity index (χ4v) is 0.959. The Bertz CT molecular complexity index is 236. The van der Waals surface area contributed by atoms with Crippen molar-refractivity contribution >= 4 is 23.2 Å². The summed E-state index contributed by atoms with van der Waals surface area (Å²) in [5.74, 6) is 0. The number of aliphatic hydroxyl groups is 1. The number of hydrogen-bond donors (Lipinski definition) is 1. The molecule has 0 fully saturated rings. The molecular weight excluding hydrogens is 195 g/mol. The molecule has 0 spiro atoms. The highest BCUT2D eigenvalue weighted by Crippen LogP contribution is 2.22. The Balaban J connectivity index is 0.000000561. The summed E-state index contributed by atoms with van der Waals surface area (Å²) in [5.41, 5.74) is 0.773. The van der Waals surface area contributed by atoms with Gasteiger partial charge in [-0.2, -0.15) is 0 Å². The van der Waals surface area contributed by atoms with Crippen LogP contribution in [0.5, 0.6) is 0 Å². The van der Waals surface area contributed by atoms with Crippen LogP contribution in [0.2, 0.25) is 10.0 Å². The molecule has 1 nitrogen and oxygen atoms in total. The van der Waals surface area contributed by atoms with Crippen LogP contribution in [0.25, 0.3) is 0 Å². The van der Waals surface area contributed by atoms with E-state index in [9.17, 15) is 0 Å². The maximum absolute atomic E-state index is 8.65. The van der Waals surface area contributed by atoms with Gasteiger partial charge in [0.1, 0.15) is 0 Å². The monoisotopic (exact) mass is 206 g/mol. The first kappa shape index (κ1) is 11.8. The summed E-state index contributed by atoms with van der Waals surface area (Å²) in [7, 11) is 0. The Kier molecular flexibility index (Phi) is 6.17. The summed E-state index contributed by atoms with van der Waals surface area (Å²) in [6.07, 6.45) is 0. The van der Waals surface area contributed by atoms with Gasteiger partial charge in [0.15, 0.2) is 0 Å².